The number of halogens is 1. The van der Waals surface area contributed by atoms with Crippen molar-refractivity contribution in [1.82, 2.24) is 15.6 Å². The van der Waals surface area contributed by atoms with Gasteiger partial charge >= 0.3 is 0 Å². The van der Waals surface area contributed by atoms with E-state index in [1.54, 1.807) is 0 Å². The molecule has 0 fully saturated rings. The normalized spacial score (nSPS) is 12.4. The molecule has 1 heterocycles. The molecule has 1 aromatic heterocycles. The minimum atomic E-state index is -0.110. The predicted octanol–water partition coefficient (Wildman–Crippen LogP) is 2.55. The molecule has 0 aliphatic carbocycles. The van der Waals surface area contributed by atoms with Crippen molar-refractivity contribution in [2.45, 2.75) is 26.3 Å². The standard InChI is InChI=1S/C14H17ClN4/c1-3-13-12(8-9(2)18-19-13)14(17-16)10-4-6-11(15)7-5-10/h4-8,14,17H,3,16H2,1-2H3. The van der Waals surface area contributed by atoms with Gasteiger partial charge in [-0.05, 0) is 37.1 Å². The molecule has 1 unspecified atom stereocenters. The second kappa shape index (κ2) is 6.10. The molecule has 0 aliphatic rings. The van der Waals surface area contributed by atoms with Gasteiger partial charge in [0.25, 0.3) is 0 Å². The fraction of sp³-hybridized carbons (Fsp3) is 0.286. The quantitative estimate of drug-likeness (QED) is 0.665. The highest BCUT2D eigenvalue weighted by molar-refractivity contribution is 6.30. The molecule has 2 rings (SSSR count). The topological polar surface area (TPSA) is 63.8 Å². The van der Waals surface area contributed by atoms with Crippen LogP contribution in [0, 0.1) is 6.92 Å². The molecule has 100 valence electrons. The summed E-state index contributed by atoms with van der Waals surface area (Å²) in [5, 5.41) is 9.04. The fourth-order valence-corrected chi connectivity index (χ4v) is 2.21. The first-order valence-corrected chi connectivity index (χ1v) is 6.58. The average Bonchev–Trinajstić information content (AvgIpc) is 2.42. The molecule has 19 heavy (non-hydrogen) atoms. The van der Waals surface area contributed by atoms with Gasteiger partial charge in [-0.2, -0.15) is 10.2 Å². The monoisotopic (exact) mass is 276 g/mol. The van der Waals surface area contributed by atoms with E-state index in [0.717, 1.165) is 28.9 Å². The zero-order chi connectivity index (χ0) is 13.8. The van der Waals surface area contributed by atoms with Crippen molar-refractivity contribution in [3.05, 3.63) is 57.9 Å². The Bertz CT molecular complexity index is 554. The van der Waals surface area contributed by atoms with Gasteiger partial charge in [-0.15, -0.1) is 0 Å². The Balaban J connectivity index is 2.47. The Hall–Kier alpha value is -1.49. The summed E-state index contributed by atoms with van der Waals surface area (Å²) in [7, 11) is 0. The maximum absolute atomic E-state index is 5.92. The van der Waals surface area contributed by atoms with E-state index in [9.17, 15) is 0 Å². The van der Waals surface area contributed by atoms with Crippen molar-refractivity contribution in [2.24, 2.45) is 5.84 Å². The van der Waals surface area contributed by atoms with Crippen LogP contribution in [-0.4, -0.2) is 10.2 Å². The number of hydrogen-bond donors (Lipinski definition) is 2. The number of nitrogens with one attached hydrogen (secondary N) is 1. The molecule has 1 aromatic carbocycles. The zero-order valence-electron chi connectivity index (χ0n) is 11.0. The van der Waals surface area contributed by atoms with Crippen LogP contribution in [0.15, 0.2) is 30.3 Å². The number of nitrogens with two attached hydrogens (primary N) is 1. The van der Waals surface area contributed by atoms with E-state index in [0.29, 0.717) is 5.02 Å². The largest absolute Gasteiger partial charge is 0.271 e. The molecule has 1 atom stereocenters. The van der Waals surface area contributed by atoms with Crippen LogP contribution in [0.3, 0.4) is 0 Å². The van der Waals surface area contributed by atoms with Crippen molar-refractivity contribution in [2.75, 3.05) is 0 Å². The molecule has 5 heteroatoms. The number of benzene rings is 1. The Morgan fingerprint density at radius 2 is 1.95 bits per heavy atom. The summed E-state index contributed by atoms with van der Waals surface area (Å²) < 4.78 is 0. The second-order valence-corrected chi connectivity index (χ2v) is 4.83. The Labute approximate surface area is 118 Å². The van der Waals surface area contributed by atoms with Crippen LogP contribution < -0.4 is 11.3 Å². The lowest BCUT2D eigenvalue weighted by atomic mass is 9.97. The van der Waals surface area contributed by atoms with Gasteiger partial charge in [0, 0.05) is 10.6 Å². The minimum Gasteiger partial charge on any atom is -0.271 e. The number of nitrogens with zero attached hydrogens (tertiary/aromatic N) is 2. The van der Waals surface area contributed by atoms with E-state index in [1.807, 2.05) is 37.3 Å². The molecule has 0 spiro atoms. The summed E-state index contributed by atoms with van der Waals surface area (Å²) >= 11 is 5.92. The Morgan fingerprint density at radius 1 is 1.26 bits per heavy atom. The van der Waals surface area contributed by atoms with E-state index in [2.05, 4.69) is 22.5 Å². The van der Waals surface area contributed by atoms with Gasteiger partial charge in [0.05, 0.1) is 17.4 Å². The van der Waals surface area contributed by atoms with Crippen LogP contribution in [0.1, 0.15) is 35.5 Å². The molecule has 0 bridgehead atoms. The van der Waals surface area contributed by atoms with Crippen LogP contribution in [0.5, 0.6) is 0 Å². The molecular weight excluding hydrogens is 260 g/mol. The number of aryl methyl sites for hydroxylation is 2. The maximum atomic E-state index is 5.92. The van der Waals surface area contributed by atoms with Crippen molar-refractivity contribution in [3.8, 4) is 0 Å². The molecule has 0 saturated heterocycles. The third kappa shape index (κ3) is 3.10. The zero-order valence-corrected chi connectivity index (χ0v) is 11.8. The van der Waals surface area contributed by atoms with E-state index in [4.69, 9.17) is 17.4 Å². The van der Waals surface area contributed by atoms with E-state index >= 15 is 0 Å². The van der Waals surface area contributed by atoms with Gasteiger partial charge < -0.3 is 0 Å². The van der Waals surface area contributed by atoms with E-state index < -0.39 is 0 Å². The van der Waals surface area contributed by atoms with Crippen molar-refractivity contribution >= 4 is 11.6 Å². The van der Waals surface area contributed by atoms with Crippen molar-refractivity contribution in [1.29, 1.82) is 0 Å². The van der Waals surface area contributed by atoms with Crippen LogP contribution in [0.2, 0.25) is 5.02 Å². The van der Waals surface area contributed by atoms with Crippen LogP contribution in [-0.2, 0) is 6.42 Å². The summed E-state index contributed by atoms with van der Waals surface area (Å²) in [6, 6.07) is 9.54. The van der Waals surface area contributed by atoms with Crippen molar-refractivity contribution < 1.29 is 0 Å². The lowest BCUT2D eigenvalue weighted by Gasteiger charge is -2.19. The van der Waals surface area contributed by atoms with Gasteiger partial charge in [0.2, 0.25) is 0 Å². The lowest BCUT2D eigenvalue weighted by molar-refractivity contribution is 0.622. The summed E-state index contributed by atoms with van der Waals surface area (Å²) in [5.74, 6) is 5.72. The first kappa shape index (κ1) is 13.9. The molecule has 0 aliphatic heterocycles. The van der Waals surface area contributed by atoms with Gasteiger partial charge in [0.1, 0.15) is 0 Å². The molecule has 0 saturated carbocycles. The second-order valence-electron chi connectivity index (χ2n) is 4.39. The SMILES string of the molecule is CCc1nnc(C)cc1C(NN)c1ccc(Cl)cc1. The molecular formula is C14H17ClN4. The van der Waals surface area contributed by atoms with Gasteiger partial charge in [-0.1, -0.05) is 30.7 Å². The first-order chi connectivity index (χ1) is 9.15. The molecule has 3 N–H and O–H groups in total. The fourth-order valence-electron chi connectivity index (χ4n) is 2.08. The Morgan fingerprint density at radius 3 is 2.53 bits per heavy atom. The summed E-state index contributed by atoms with van der Waals surface area (Å²) in [5.41, 5.74) is 6.77. The number of aromatic nitrogens is 2. The molecule has 4 nitrogen and oxygen atoms in total. The van der Waals surface area contributed by atoms with Gasteiger partial charge in [0.15, 0.2) is 0 Å². The van der Waals surface area contributed by atoms with E-state index in [1.165, 1.54) is 0 Å². The summed E-state index contributed by atoms with van der Waals surface area (Å²) in [6.07, 6.45) is 0.814. The van der Waals surface area contributed by atoms with Gasteiger partial charge in [-0.3, -0.25) is 5.84 Å². The van der Waals surface area contributed by atoms with Crippen molar-refractivity contribution in [3.63, 3.8) is 0 Å². The predicted molar refractivity (Wildman–Crippen MR) is 76.8 cm³/mol. The molecule has 2 aromatic rings. The third-order valence-corrected chi connectivity index (χ3v) is 3.29. The lowest BCUT2D eigenvalue weighted by Crippen LogP contribution is -2.30. The van der Waals surface area contributed by atoms with Crippen LogP contribution >= 0.6 is 11.6 Å². The van der Waals surface area contributed by atoms with Crippen LogP contribution in [0.4, 0.5) is 0 Å². The maximum Gasteiger partial charge on any atom is 0.0729 e. The third-order valence-electron chi connectivity index (χ3n) is 3.04. The highest BCUT2D eigenvalue weighted by Crippen LogP contribution is 2.25. The minimum absolute atomic E-state index is 0.110. The highest BCUT2D eigenvalue weighted by atomic mass is 35.5. The number of rotatable bonds is 4. The number of hydrazine groups is 1. The van der Waals surface area contributed by atoms with Gasteiger partial charge in [-0.25, -0.2) is 5.43 Å². The average molecular weight is 277 g/mol. The van der Waals surface area contributed by atoms with Crippen LogP contribution in [0.25, 0.3) is 0 Å². The van der Waals surface area contributed by atoms with E-state index in [-0.39, 0.29) is 6.04 Å². The number of hydrogen-bond acceptors (Lipinski definition) is 4. The Kier molecular flexibility index (Phi) is 4.47. The molecule has 0 radical (unpaired) electrons. The summed E-state index contributed by atoms with van der Waals surface area (Å²) in [6.45, 7) is 3.98. The highest BCUT2D eigenvalue weighted by Gasteiger charge is 2.17. The first-order valence-electron chi connectivity index (χ1n) is 6.20. The molecule has 0 amide bonds. The smallest absolute Gasteiger partial charge is 0.0729 e. The summed E-state index contributed by atoms with van der Waals surface area (Å²) in [4.78, 5) is 0.